The molecule has 29 heavy (non-hydrogen) atoms. The van der Waals surface area contributed by atoms with E-state index in [4.69, 9.17) is 9.15 Å². The third-order valence-corrected chi connectivity index (χ3v) is 4.41. The van der Waals surface area contributed by atoms with Gasteiger partial charge < -0.3 is 14.5 Å². The monoisotopic (exact) mass is 392 g/mol. The average Bonchev–Trinajstić information content (AvgIpc) is 3.23. The molecule has 2 aromatic carbocycles. The number of rotatable bonds is 8. The molecule has 0 spiro atoms. The highest BCUT2D eigenvalue weighted by Gasteiger charge is 2.19. The second-order valence-corrected chi connectivity index (χ2v) is 6.72. The molecule has 0 saturated carbocycles. The molecular weight excluding hydrogens is 368 g/mol. The minimum absolute atomic E-state index is 0.297. The van der Waals surface area contributed by atoms with E-state index in [1.807, 2.05) is 38.1 Å². The Bertz CT molecular complexity index is 977. The number of carbonyl (C=O) groups excluding carboxylic acids is 2. The van der Waals surface area contributed by atoms with E-state index in [1.54, 1.807) is 30.5 Å². The van der Waals surface area contributed by atoms with Crippen molar-refractivity contribution in [2.45, 2.75) is 26.7 Å². The van der Waals surface area contributed by atoms with E-state index in [-0.39, 0.29) is 12.5 Å². The summed E-state index contributed by atoms with van der Waals surface area (Å²) in [6.07, 6.45) is 3.49. The third kappa shape index (κ3) is 5.31. The fourth-order valence-corrected chi connectivity index (χ4v) is 2.76. The first-order valence-electron chi connectivity index (χ1n) is 9.64. The highest BCUT2D eigenvalue weighted by atomic mass is 16.5. The van der Waals surface area contributed by atoms with Gasteiger partial charge >= 0.3 is 5.97 Å². The molecule has 1 N–H and O–H groups in total. The normalized spacial score (nSPS) is 10.6. The number of hydrogen-bond acceptors (Lipinski definition) is 5. The van der Waals surface area contributed by atoms with Gasteiger partial charge in [0, 0.05) is 12.1 Å². The maximum absolute atomic E-state index is 12.5. The first kappa shape index (κ1) is 20.3. The van der Waals surface area contributed by atoms with Crippen molar-refractivity contribution in [1.82, 2.24) is 10.3 Å². The van der Waals surface area contributed by atoms with Crippen LogP contribution < -0.4 is 5.32 Å². The lowest BCUT2D eigenvalue weighted by atomic mass is 10.1. The van der Waals surface area contributed by atoms with E-state index in [2.05, 4.69) is 10.3 Å². The van der Waals surface area contributed by atoms with Crippen LogP contribution in [-0.4, -0.2) is 30.0 Å². The Morgan fingerprint density at radius 2 is 1.86 bits per heavy atom. The van der Waals surface area contributed by atoms with Crippen LogP contribution in [0, 0.1) is 6.92 Å². The fourth-order valence-electron chi connectivity index (χ4n) is 2.76. The summed E-state index contributed by atoms with van der Waals surface area (Å²) >= 11 is 0. The van der Waals surface area contributed by atoms with Crippen molar-refractivity contribution in [3.63, 3.8) is 0 Å². The summed E-state index contributed by atoms with van der Waals surface area (Å²) in [5, 5.41) is 2.72. The average molecular weight is 392 g/mol. The van der Waals surface area contributed by atoms with Gasteiger partial charge in [-0.1, -0.05) is 55.3 Å². The minimum Gasteiger partial charge on any atom is -0.452 e. The molecular formula is C23H24N2O4. The number of ether oxygens (including phenoxy) is 1. The van der Waals surface area contributed by atoms with Gasteiger partial charge in [0.05, 0.1) is 17.3 Å². The van der Waals surface area contributed by atoms with Gasteiger partial charge in [0.2, 0.25) is 5.89 Å². The van der Waals surface area contributed by atoms with Crippen molar-refractivity contribution in [3.8, 4) is 22.8 Å². The number of aryl methyl sites for hydroxylation is 1. The number of esters is 1. The molecule has 0 aliphatic heterocycles. The van der Waals surface area contributed by atoms with Crippen molar-refractivity contribution >= 4 is 11.9 Å². The molecule has 3 aromatic rings. The second kappa shape index (κ2) is 9.68. The van der Waals surface area contributed by atoms with Crippen LogP contribution in [0.4, 0.5) is 0 Å². The fraction of sp³-hybridized carbons (Fsp3) is 0.261. The summed E-state index contributed by atoms with van der Waals surface area (Å²) in [5.74, 6) is 0.0161. The second-order valence-electron chi connectivity index (χ2n) is 6.72. The van der Waals surface area contributed by atoms with Gasteiger partial charge in [-0.05, 0) is 25.5 Å². The summed E-state index contributed by atoms with van der Waals surface area (Å²) in [6.45, 7) is 4.30. The Kier molecular flexibility index (Phi) is 6.79. The summed E-state index contributed by atoms with van der Waals surface area (Å²) in [6, 6.07) is 14.8. The van der Waals surface area contributed by atoms with Crippen LogP contribution >= 0.6 is 0 Å². The van der Waals surface area contributed by atoms with Crippen molar-refractivity contribution in [2.24, 2.45) is 0 Å². The zero-order chi connectivity index (χ0) is 20.6. The predicted octanol–water partition coefficient (Wildman–Crippen LogP) is 4.39. The molecule has 0 bridgehead atoms. The Morgan fingerprint density at radius 1 is 1.10 bits per heavy atom. The molecule has 0 fully saturated rings. The first-order chi connectivity index (χ1) is 14.1. The van der Waals surface area contributed by atoms with E-state index in [9.17, 15) is 9.59 Å². The van der Waals surface area contributed by atoms with E-state index >= 15 is 0 Å². The van der Waals surface area contributed by atoms with E-state index in [0.717, 1.165) is 24.0 Å². The molecule has 0 saturated heterocycles. The molecule has 0 unspecified atom stereocenters. The molecule has 1 aromatic heterocycles. The number of nitrogens with one attached hydrogen (secondary N) is 1. The first-order valence-corrected chi connectivity index (χ1v) is 9.64. The Hall–Kier alpha value is -3.41. The number of benzene rings is 2. The van der Waals surface area contributed by atoms with Crippen LogP contribution in [0.15, 0.2) is 59.1 Å². The van der Waals surface area contributed by atoms with Crippen LogP contribution in [0.1, 0.15) is 35.7 Å². The molecule has 3 rings (SSSR count). The van der Waals surface area contributed by atoms with Gasteiger partial charge in [0.25, 0.3) is 5.91 Å². The topological polar surface area (TPSA) is 81.4 Å². The third-order valence-electron chi connectivity index (χ3n) is 4.41. The maximum Gasteiger partial charge on any atom is 0.339 e. The highest BCUT2D eigenvalue weighted by Crippen LogP contribution is 2.28. The largest absolute Gasteiger partial charge is 0.452 e. The molecule has 150 valence electrons. The number of oxazole rings is 1. The van der Waals surface area contributed by atoms with E-state index in [1.165, 1.54) is 0 Å². The molecule has 0 atom stereocenters. The van der Waals surface area contributed by atoms with Crippen molar-refractivity contribution < 1.29 is 18.7 Å². The van der Waals surface area contributed by atoms with Crippen molar-refractivity contribution in [3.05, 3.63) is 65.9 Å². The van der Waals surface area contributed by atoms with E-state index < -0.39 is 5.97 Å². The van der Waals surface area contributed by atoms with Crippen molar-refractivity contribution in [2.75, 3.05) is 13.2 Å². The molecule has 0 aliphatic carbocycles. The standard InChI is InChI=1S/C23H24N2O4/c1-3-4-13-24-21(26)15-28-23(27)19-8-6-5-7-18(19)22-25-14-20(29-22)17-11-9-16(2)10-12-17/h5-12,14H,3-4,13,15H2,1-2H3,(H,24,26). The van der Waals surface area contributed by atoms with Gasteiger partial charge in [-0.3, -0.25) is 4.79 Å². The SMILES string of the molecule is CCCCNC(=O)COC(=O)c1ccccc1-c1ncc(-c2ccc(C)cc2)o1. The van der Waals surface area contributed by atoms with Gasteiger partial charge in [-0.2, -0.15) is 0 Å². The van der Waals surface area contributed by atoms with Crippen LogP contribution in [0.2, 0.25) is 0 Å². The summed E-state index contributed by atoms with van der Waals surface area (Å²) in [5.41, 5.74) is 2.87. The zero-order valence-electron chi connectivity index (χ0n) is 16.6. The maximum atomic E-state index is 12.5. The molecule has 1 amide bonds. The lowest BCUT2D eigenvalue weighted by molar-refractivity contribution is -0.124. The summed E-state index contributed by atoms with van der Waals surface area (Å²) in [7, 11) is 0. The van der Waals surface area contributed by atoms with Crippen LogP contribution in [0.25, 0.3) is 22.8 Å². The summed E-state index contributed by atoms with van der Waals surface area (Å²) < 4.78 is 11.0. The molecule has 0 radical (unpaired) electrons. The molecule has 1 heterocycles. The number of carbonyl (C=O) groups is 2. The quantitative estimate of drug-likeness (QED) is 0.454. The predicted molar refractivity (Wildman–Crippen MR) is 110 cm³/mol. The molecule has 6 nitrogen and oxygen atoms in total. The number of amides is 1. The zero-order valence-corrected chi connectivity index (χ0v) is 16.6. The molecule has 6 heteroatoms. The lowest BCUT2D eigenvalue weighted by Crippen LogP contribution is -2.29. The number of aromatic nitrogens is 1. The minimum atomic E-state index is -0.596. The Labute approximate surface area is 169 Å². The number of hydrogen-bond donors (Lipinski definition) is 1. The lowest BCUT2D eigenvalue weighted by Gasteiger charge is -2.08. The van der Waals surface area contributed by atoms with Gasteiger partial charge in [0.1, 0.15) is 0 Å². The van der Waals surface area contributed by atoms with Crippen LogP contribution in [0.3, 0.4) is 0 Å². The Balaban J connectivity index is 1.73. The summed E-state index contributed by atoms with van der Waals surface area (Å²) in [4.78, 5) is 28.6. The number of nitrogens with zero attached hydrogens (tertiary/aromatic N) is 1. The highest BCUT2D eigenvalue weighted by molar-refractivity contribution is 5.97. The van der Waals surface area contributed by atoms with Gasteiger partial charge in [0.15, 0.2) is 12.4 Å². The van der Waals surface area contributed by atoms with Crippen LogP contribution in [-0.2, 0) is 9.53 Å². The van der Waals surface area contributed by atoms with Gasteiger partial charge in [-0.25, -0.2) is 9.78 Å². The van der Waals surface area contributed by atoms with Gasteiger partial charge in [-0.15, -0.1) is 0 Å². The molecule has 0 aliphatic rings. The van der Waals surface area contributed by atoms with E-state index in [0.29, 0.717) is 29.3 Å². The smallest absolute Gasteiger partial charge is 0.339 e. The van der Waals surface area contributed by atoms with Crippen LogP contribution in [0.5, 0.6) is 0 Å². The number of unbranched alkanes of at least 4 members (excludes halogenated alkanes) is 1. The van der Waals surface area contributed by atoms with Crippen molar-refractivity contribution in [1.29, 1.82) is 0 Å². The Morgan fingerprint density at radius 3 is 2.62 bits per heavy atom.